The summed E-state index contributed by atoms with van der Waals surface area (Å²) in [6, 6.07) is 4.83. The normalized spacial score (nSPS) is 26.5. The molecule has 156 valence electrons. The Morgan fingerprint density at radius 1 is 1.21 bits per heavy atom. The Hall–Kier alpha value is -2.77. The quantitative estimate of drug-likeness (QED) is 0.780. The summed E-state index contributed by atoms with van der Waals surface area (Å²) in [6.07, 6.45) is 3.91. The molecular weight excluding hydrogens is 374 g/mol. The number of amides is 4. The summed E-state index contributed by atoms with van der Waals surface area (Å²) in [5.41, 5.74) is -0.654. The van der Waals surface area contributed by atoms with E-state index >= 15 is 0 Å². The van der Waals surface area contributed by atoms with E-state index in [1.807, 2.05) is 4.90 Å². The van der Waals surface area contributed by atoms with Crippen LogP contribution in [0.4, 0.5) is 4.79 Å². The molecular formula is C21H27N3O5. The molecule has 1 N–H and O–H groups in total. The zero-order valence-electron chi connectivity index (χ0n) is 16.9. The van der Waals surface area contributed by atoms with Gasteiger partial charge in [0.15, 0.2) is 11.5 Å². The van der Waals surface area contributed by atoms with Crippen LogP contribution in [0.15, 0.2) is 18.2 Å². The van der Waals surface area contributed by atoms with Crippen LogP contribution in [0.25, 0.3) is 0 Å². The van der Waals surface area contributed by atoms with Crippen LogP contribution in [-0.2, 0) is 15.1 Å². The van der Waals surface area contributed by atoms with Crippen LogP contribution in [-0.4, -0.2) is 60.0 Å². The van der Waals surface area contributed by atoms with Gasteiger partial charge in [-0.1, -0.05) is 13.0 Å². The fraction of sp³-hybridized carbons (Fsp3) is 0.571. The van der Waals surface area contributed by atoms with E-state index in [-0.39, 0.29) is 18.5 Å². The molecule has 29 heavy (non-hydrogen) atoms. The Kier molecular flexibility index (Phi) is 5.10. The monoisotopic (exact) mass is 401 g/mol. The molecule has 2 saturated heterocycles. The molecule has 4 amide bonds. The molecule has 1 aromatic rings. The summed E-state index contributed by atoms with van der Waals surface area (Å²) < 4.78 is 11.1. The Balaban J connectivity index is 1.53. The molecule has 0 bridgehead atoms. The largest absolute Gasteiger partial charge is 0.486 e. The molecule has 4 rings (SSSR count). The minimum Gasteiger partial charge on any atom is -0.486 e. The van der Waals surface area contributed by atoms with E-state index in [0.29, 0.717) is 36.8 Å². The maximum Gasteiger partial charge on any atom is 0.325 e. The molecule has 3 aliphatic heterocycles. The van der Waals surface area contributed by atoms with Crippen molar-refractivity contribution in [1.82, 2.24) is 15.1 Å². The van der Waals surface area contributed by atoms with E-state index in [1.54, 1.807) is 25.1 Å². The summed E-state index contributed by atoms with van der Waals surface area (Å²) in [6.45, 7) is 5.07. The number of piperidine rings is 1. The summed E-state index contributed by atoms with van der Waals surface area (Å²) in [5, 5.41) is 2.76. The van der Waals surface area contributed by atoms with Crippen LogP contribution in [0.5, 0.6) is 11.5 Å². The highest BCUT2D eigenvalue weighted by atomic mass is 16.6. The molecule has 2 fully saturated rings. The predicted octanol–water partition coefficient (Wildman–Crippen LogP) is 2.02. The van der Waals surface area contributed by atoms with Crippen molar-refractivity contribution in [1.29, 1.82) is 0 Å². The smallest absolute Gasteiger partial charge is 0.325 e. The number of likely N-dealkylation sites (tertiary alicyclic amines) is 1. The van der Waals surface area contributed by atoms with Gasteiger partial charge in [0, 0.05) is 12.6 Å². The second-order valence-electron chi connectivity index (χ2n) is 7.95. The molecule has 0 unspecified atom stereocenters. The number of nitrogens with zero attached hydrogens (tertiary/aromatic N) is 2. The number of fused-ring (bicyclic) bond motifs is 1. The molecule has 8 heteroatoms. The third-order valence-electron chi connectivity index (χ3n) is 6.11. The number of hydrogen-bond acceptors (Lipinski definition) is 5. The SMILES string of the molecule is CC[C@@H]1CCCCN1C(=O)CN1C(=O)N[C@](C)(c2ccc3c(c2)OCCO3)C1=O. The third kappa shape index (κ3) is 3.41. The standard InChI is InChI=1S/C21H27N3O5/c1-3-15-6-4-5-9-23(15)18(25)13-24-19(26)21(2,22-20(24)27)14-7-8-16-17(12-14)29-11-10-28-16/h7-8,12,15H,3-6,9-11,13H2,1-2H3,(H,22,27)/t15-,21-/m1/s1. The highest BCUT2D eigenvalue weighted by Crippen LogP contribution is 2.37. The molecule has 0 aromatic heterocycles. The lowest BCUT2D eigenvalue weighted by Crippen LogP contribution is -2.49. The number of carbonyl (C=O) groups excluding carboxylic acids is 3. The van der Waals surface area contributed by atoms with Gasteiger partial charge in [0.1, 0.15) is 25.3 Å². The molecule has 3 aliphatic rings. The molecule has 0 spiro atoms. The van der Waals surface area contributed by atoms with Gasteiger partial charge in [0.2, 0.25) is 5.91 Å². The van der Waals surface area contributed by atoms with Crippen LogP contribution in [0.1, 0.15) is 45.1 Å². The van der Waals surface area contributed by atoms with Crippen LogP contribution >= 0.6 is 0 Å². The third-order valence-corrected chi connectivity index (χ3v) is 6.11. The Labute approximate surface area is 170 Å². The van der Waals surface area contributed by atoms with E-state index in [1.165, 1.54) is 0 Å². The van der Waals surface area contributed by atoms with Gasteiger partial charge in [-0.05, 0) is 50.3 Å². The van der Waals surface area contributed by atoms with Crippen LogP contribution in [0, 0.1) is 0 Å². The number of urea groups is 1. The number of hydrogen-bond donors (Lipinski definition) is 1. The molecule has 8 nitrogen and oxygen atoms in total. The number of carbonyl (C=O) groups is 3. The first-order valence-corrected chi connectivity index (χ1v) is 10.3. The number of nitrogens with one attached hydrogen (secondary N) is 1. The predicted molar refractivity (Wildman–Crippen MR) is 105 cm³/mol. The van der Waals surface area contributed by atoms with Gasteiger partial charge >= 0.3 is 6.03 Å². The van der Waals surface area contributed by atoms with Crippen molar-refractivity contribution in [2.45, 2.75) is 51.1 Å². The molecule has 0 aliphatic carbocycles. The lowest BCUT2D eigenvalue weighted by molar-refractivity contribution is -0.141. The van der Waals surface area contributed by atoms with Crippen molar-refractivity contribution >= 4 is 17.8 Å². The van der Waals surface area contributed by atoms with Gasteiger partial charge in [-0.3, -0.25) is 14.5 Å². The second kappa shape index (κ2) is 7.57. The number of imide groups is 1. The van der Waals surface area contributed by atoms with Crippen molar-refractivity contribution in [2.75, 3.05) is 26.3 Å². The highest BCUT2D eigenvalue weighted by molar-refractivity contribution is 6.09. The fourth-order valence-electron chi connectivity index (χ4n) is 4.37. The Morgan fingerprint density at radius 3 is 2.72 bits per heavy atom. The minimum absolute atomic E-state index is 0.175. The summed E-state index contributed by atoms with van der Waals surface area (Å²) in [7, 11) is 0. The first-order chi connectivity index (χ1) is 13.9. The molecule has 3 heterocycles. The fourth-order valence-corrected chi connectivity index (χ4v) is 4.37. The first-order valence-electron chi connectivity index (χ1n) is 10.3. The van der Waals surface area contributed by atoms with Crippen molar-refractivity contribution in [2.24, 2.45) is 0 Å². The number of benzene rings is 1. The van der Waals surface area contributed by atoms with Crippen molar-refractivity contribution in [3.8, 4) is 11.5 Å². The average Bonchev–Trinajstić information content (AvgIpc) is 2.97. The van der Waals surface area contributed by atoms with E-state index in [4.69, 9.17) is 9.47 Å². The summed E-state index contributed by atoms with van der Waals surface area (Å²) >= 11 is 0. The number of rotatable bonds is 4. The lowest BCUT2D eigenvalue weighted by Gasteiger charge is -2.36. The Bertz CT molecular complexity index is 842. The first kappa shape index (κ1) is 19.5. The zero-order valence-corrected chi connectivity index (χ0v) is 16.9. The molecule has 0 radical (unpaired) electrons. The van der Waals surface area contributed by atoms with Crippen molar-refractivity contribution in [3.05, 3.63) is 23.8 Å². The van der Waals surface area contributed by atoms with Gasteiger partial charge in [-0.25, -0.2) is 4.79 Å². The van der Waals surface area contributed by atoms with Gasteiger partial charge in [-0.2, -0.15) is 0 Å². The van der Waals surface area contributed by atoms with E-state index in [9.17, 15) is 14.4 Å². The highest BCUT2D eigenvalue weighted by Gasteiger charge is 2.50. The summed E-state index contributed by atoms with van der Waals surface area (Å²) in [5.74, 6) is 0.554. The van der Waals surface area contributed by atoms with Gasteiger partial charge < -0.3 is 19.7 Å². The topological polar surface area (TPSA) is 88.2 Å². The lowest BCUT2D eigenvalue weighted by atomic mass is 9.91. The molecule has 2 atom stereocenters. The van der Waals surface area contributed by atoms with E-state index in [0.717, 1.165) is 30.6 Å². The Morgan fingerprint density at radius 2 is 1.97 bits per heavy atom. The van der Waals surface area contributed by atoms with Gasteiger partial charge in [0.25, 0.3) is 5.91 Å². The van der Waals surface area contributed by atoms with Crippen molar-refractivity contribution in [3.63, 3.8) is 0 Å². The van der Waals surface area contributed by atoms with E-state index < -0.39 is 17.5 Å². The second-order valence-corrected chi connectivity index (χ2v) is 7.95. The summed E-state index contributed by atoms with van der Waals surface area (Å²) in [4.78, 5) is 41.5. The van der Waals surface area contributed by atoms with Crippen LogP contribution in [0.2, 0.25) is 0 Å². The van der Waals surface area contributed by atoms with Crippen molar-refractivity contribution < 1.29 is 23.9 Å². The average molecular weight is 401 g/mol. The van der Waals surface area contributed by atoms with E-state index in [2.05, 4.69) is 12.2 Å². The maximum absolute atomic E-state index is 13.2. The van der Waals surface area contributed by atoms with Gasteiger partial charge in [0.05, 0.1) is 0 Å². The van der Waals surface area contributed by atoms with Gasteiger partial charge in [-0.15, -0.1) is 0 Å². The van der Waals surface area contributed by atoms with Crippen LogP contribution < -0.4 is 14.8 Å². The molecule has 1 aromatic carbocycles. The molecule has 0 saturated carbocycles. The maximum atomic E-state index is 13.2. The minimum atomic E-state index is -1.25. The van der Waals surface area contributed by atoms with Crippen LogP contribution in [0.3, 0.4) is 0 Å². The number of ether oxygens (including phenoxy) is 2. The zero-order chi connectivity index (χ0) is 20.6.